The number of aryl methyl sites for hydroxylation is 4. The third-order valence-corrected chi connectivity index (χ3v) is 5.62. The van der Waals surface area contributed by atoms with E-state index in [9.17, 15) is 15.3 Å². The lowest BCUT2D eigenvalue weighted by Gasteiger charge is -2.29. The number of phenolic OH excluding ortho intramolecular Hbond substituents is 3. The zero-order valence-corrected chi connectivity index (χ0v) is 19.1. The fourth-order valence-corrected chi connectivity index (χ4v) is 4.13. The molecule has 5 heteroatoms. The Kier molecular flexibility index (Phi) is 5.88. The van der Waals surface area contributed by atoms with Gasteiger partial charge in [-0.25, -0.2) is 0 Å². The maximum absolute atomic E-state index is 10.8. The van der Waals surface area contributed by atoms with E-state index in [1.54, 1.807) is 36.4 Å². The minimum absolute atomic E-state index is 0.106. The van der Waals surface area contributed by atoms with Crippen LogP contribution in [0.1, 0.15) is 22.3 Å². The summed E-state index contributed by atoms with van der Waals surface area (Å²) in [5.74, 6) is 1.68. The first-order valence-electron chi connectivity index (χ1n) is 10.7. The van der Waals surface area contributed by atoms with Crippen molar-refractivity contribution in [3.05, 3.63) is 95.1 Å². The molecule has 168 valence electrons. The molecule has 33 heavy (non-hydrogen) atoms. The Hall–Kier alpha value is -4.12. The first-order chi connectivity index (χ1) is 15.8. The molecule has 0 aliphatic carbocycles. The van der Waals surface area contributed by atoms with Crippen LogP contribution in [0.25, 0.3) is 0 Å². The lowest BCUT2D eigenvalue weighted by atomic mass is 10.1. The van der Waals surface area contributed by atoms with Gasteiger partial charge in [-0.05, 0) is 86.3 Å². The standard InChI is InChI=1S/C28H27NO4/c1-17-8-5-12-24(31)26(17)29(27-18(2)9-6-13-25(27)32)21-10-7-11-23(16-21)33-28-19(3)14-22(30)15-20(28)4/h5-16,30-32H,1-4H3. The molecule has 0 spiro atoms. The van der Waals surface area contributed by atoms with Gasteiger partial charge < -0.3 is 25.0 Å². The number of para-hydroxylation sites is 2. The Bertz CT molecular complexity index is 1210. The van der Waals surface area contributed by atoms with Crippen molar-refractivity contribution in [1.29, 1.82) is 0 Å². The second-order valence-corrected chi connectivity index (χ2v) is 8.23. The molecule has 0 bridgehead atoms. The second-order valence-electron chi connectivity index (χ2n) is 8.23. The van der Waals surface area contributed by atoms with Gasteiger partial charge in [0.15, 0.2) is 0 Å². The zero-order chi connectivity index (χ0) is 23.7. The number of hydrogen-bond acceptors (Lipinski definition) is 5. The fraction of sp³-hybridized carbons (Fsp3) is 0.143. The van der Waals surface area contributed by atoms with Gasteiger partial charge in [0.1, 0.15) is 28.7 Å². The van der Waals surface area contributed by atoms with Crippen LogP contribution in [0.4, 0.5) is 17.1 Å². The topological polar surface area (TPSA) is 73.2 Å². The lowest BCUT2D eigenvalue weighted by molar-refractivity contribution is 0.458. The Labute approximate surface area is 193 Å². The minimum Gasteiger partial charge on any atom is -0.508 e. The van der Waals surface area contributed by atoms with Gasteiger partial charge in [-0.3, -0.25) is 0 Å². The van der Waals surface area contributed by atoms with E-state index in [0.717, 1.165) is 27.9 Å². The van der Waals surface area contributed by atoms with Crippen molar-refractivity contribution in [1.82, 2.24) is 0 Å². The van der Waals surface area contributed by atoms with E-state index < -0.39 is 0 Å². The maximum atomic E-state index is 10.8. The Morgan fingerprint density at radius 1 is 0.606 bits per heavy atom. The molecule has 0 amide bonds. The van der Waals surface area contributed by atoms with E-state index in [1.807, 2.05) is 69.0 Å². The average molecular weight is 442 g/mol. The minimum atomic E-state index is 0.106. The molecule has 4 aromatic rings. The van der Waals surface area contributed by atoms with E-state index in [1.165, 1.54) is 0 Å². The third kappa shape index (κ3) is 4.30. The van der Waals surface area contributed by atoms with Crippen LogP contribution in [0.15, 0.2) is 72.8 Å². The van der Waals surface area contributed by atoms with Crippen molar-refractivity contribution < 1.29 is 20.1 Å². The highest BCUT2D eigenvalue weighted by Crippen LogP contribution is 2.47. The van der Waals surface area contributed by atoms with Gasteiger partial charge in [0.05, 0.1) is 17.1 Å². The SMILES string of the molecule is Cc1cc(O)cc(C)c1Oc1cccc(N(c2c(C)cccc2O)c2c(C)cccc2O)c1. The highest BCUT2D eigenvalue weighted by Gasteiger charge is 2.23. The van der Waals surface area contributed by atoms with Crippen LogP contribution in [-0.2, 0) is 0 Å². The van der Waals surface area contributed by atoms with E-state index in [2.05, 4.69) is 0 Å². The van der Waals surface area contributed by atoms with Crippen LogP contribution in [-0.4, -0.2) is 15.3 Å². The number of nitrogens with zero attached hydrogens (tertiary/aromatic N) is 1. The molecule has 0 aromatic heterocycles. The van der Waals surface area contributed by atoms with Crippen LogP contribution in [0.3, 0.4) is 0 Å². The number of hydrogen-bond donors (Lipinski definition) is 3. The molecule has 0 radical (unpaired) electrons. The molecular formula is C28H27NO4. The van der Waals surface area contributed by atoms with E-state index in [4.69, 9.17) is 4.74 Å². The zero-order valence-electron chi connectivity index (χ0n) is 19.1. The van der Waals surface area contributed by atoms with E-state index in [-0.39, 0.29) is 17.2 Å². The van der Waals surface area contributed by atoms with Crippen molar-refractivity contribution in [2.45, 2.75) is 27.7 Å². The van der Waals surface area contributed by atoms with Crippen LogP contribution in [0, 0.1) is 27.7 Å². The third-order valence-electron chi connectivity index (χ3n) is 5.62. The molecule has 0 fully saturated rings. The molecule has 5 nitrogen and oxygen atoms in total. The van der Waals surface area contributed by atoms with Crippen molar-refractivity contribution >= 4 is 17.1 Å². The maximum Gasteiger partial charge on any atom is 0.139 e. The average Bonchev–Trinajstić information content (AvgIpc) is 2.75. The number of phenols is 3. The summed E-state index contributed by atoms with van der Waals surface area (Å²) in [4.78, 5) is 1.85. The summed E-state index contributed by atoms with van der Waals surface area (Å²) in [5.41, 5.74) is 5.23. The van der Waals surface area contributed by atoms with Gasteiger partial charge in [-0.1, -0.05) is 30.3 Å². The molecule has 4 rings (SSSR count). The summed E-state index contributed by atoms with van der Waals surface area (Å²) in [6.07, 6.45) is 0. The normalized spacial score (nSPS) is 10.8. The molecule has 0 saturated heterocycles. The van der Waals surface area contributed by atoms with Crippen LogP contribution in [0.5, 0.6) is 28.7 Å². The largest absolute Gasteiger partial charge is 0.508 e. The molecule has 0 atom stereocenters. The Balaban J connectivity index is 1.88. The Morgan fingerprint density at radius 3 is 1.64 bits per heavy atom. The van der Waals surface area contributed by atoms with Gasteiger partial charge in [-0.2, -0.15) is 0 Å². The molecule has 0 aliphatic heterocycles. The molecule has 0 heterocycles. The van der Waals surface area contributed by atoms with Crippen molar-refractivity contribution in [2.24, 2.45) is 0 Å². The van der Waals surface area contributed by atoms with Crippen molar-refractivity contribution in [3.8, 4) is 28.7 Å². The molecule has 0 aliphatic rings. The smallest absolute Gasteiger partial charge is 0.139 e. The quantitative estimate of drug-likeness (QED) is 0.303. The second kappa shape index (κ2) is 8.79. The number of anilines is 3. The van der Waals surface area contributed by atoms with Crippen LogP contribution in [0.2, 0.25) is 0 Å². The molecule has 4 aromatic carbocycles. The summed E-state index contributed by atoms with van der Waals surface area (Å²) < 4.78 is 6.22. The summed E-state index contributed by atoms with van der Waals surface area (Å²) in [6, 6.07) is 21.5. The number of aromatic hydroxyl groups is 3. The van der Waals surface area contributed by atoms with E-state index in [0.29, 0.717) is 22.9 Å². The van der Waals surface area contributed by atoms with Gasteiger partial charge in [0.25, 0.3) is 0 Å². The van der Waals surface area contributed by atoms with Crippen molar-refractivity contribution in [3.63, 3.8) is 0 Å². The van der Waals surface area contributed by atoms with Crippen molar-refractivity contribution in [2.75, 3.05) is 4.90 Å². The Morgan fingerprint density at radius 2 is 1.12 bits per heavy atom. The highest BCUT2D eigenvalue weighted by atomic mass is 16.5. The van der Waals surface area contributed by atoms with E-state index >= 15 is 0 Å². The number of ether oxygens (including phenoxy) is 1. The molecular weight excluding hydrogens is 414 g/mol. The van der Waals surface area contributed by atoms with Gasteiger partial charge in [-0.15, -0.1) is 0 Å². The summed E-state index contributed by atoms with van der Waals surface area (Å²) in [6.45, 7) is 7.60. The predicted octanol–water partition coefficient (Wildman–Crippen LogP) is 7.30. The van der Waals surface area contributed by atoms with Gasteiger partial charge in [0, 0.05) is 6.07 Å². The van der Waals surface area contributed by atoms with Gasteiger partial charge >= 0.3 is 0 Å². The predicted molar refractivity (Wildman–Crippen MR) is 132 cm³/mol. The summed E-state index contributed by atoms with van der Waals surface area (Å²) in [5, 5.41) is 31.4. The van der Waals surface area contributed by atoms with Crippen LogP contribution < -0.4 is 9.64 Å². The summed E-state index contributed by atoms with van der Waals surface area (Å²) >= 11 is 0. The molecule has 3 N–H and O–H groups in total. The molecule has 0 saturated carbocycles. The molecule has 0 unspecified atom stereocenters. The number of benzene rings is 4. The summed E-state index contributed by atoms with van der Waals surface area (Å²) in [7, 11) is 0. The monoisotopic (exact) mass is 441 g/mol. The first-order valence-corrected chi connectivity index (χ1v) is 10.7. The number of rotatable bonds is 5. The lowest BCUT2D eigenvalue weighted by Crippen LogP contribution is -2.13. The fourth-order valence-electron chi connectivity index (χ4n) is 4.13. The van der Waals surface area contributed by atoms with Gasteiger partial charge in [0.2, 0.25) is 0 Å². The highest BCUT2D eigenvalue weighted by molar-refractivity contribution is 5.86. The van der Waals surface area contributed by atoms with Crippen LogP contribution >= 0.6 is 0 Å². The first kappa shape index (κ1) is 22.1.